The Morgan fingerprint density at radius 3 is 2.62 bits per heavy atom. The van der Waals surface area contributed by atoms with Gasteiger partial charge >= 0.3 is 0 Å². The minimum absolute atomic E-state index is 0.0994. The minimum atomic E-state index is -0.0994. The molecule has 0 amide bonds. The first-order valence-corrected chi connectivity index (χ1v) is 6.63. The molecule has 0 saturated carbocycles. The number of ether oxygens (including phenoxy) is 2. The van der Waals surface area contributed by atoms with Gasteiger partial charge in [0.05, 0.1) is 18.7 Å². The number of nitrogens with zero attached hydrogens (tertiary/aromatic N) is 1. The van der Waals surface area contributed by atoms with Crippen molar-refractivity contribution in [1.29, 1.82) is 0 Å². The summed E-state index contributed by atoms with van der Waals surface area (Å²) >= 11 is 11.9. The Morgan fingerprint density at radius 2 is 2.00 bits per heavy atom. The molecule has 112 valence electrons. The Bertz CT molecular complexity index is 653. The molecule has 21 heavy (non-hydrogen) atoms. The van der Waals surface area contributed by atoms with E-state index in [2.05, 4.69) is 10.4 Å². The van der Waals surface area contributed by atoms with Crippen LogP contribution in [0.5, 0.6) is 17.4 Å². The van der Waals surface area contributed by atoms with Gasteiger partial charge in [-0.2, -0.15) is 4.98 Å². The summed E-state index contributed by atoms with van der Waals surface area (Å²) in [4.78, 5) is 4.08. The maximum Gasteiger partial charge on any atom is 0.240 e. The second-order valence-corrected chi connectivity index (χ2v) is 4.81. The average Bonchev–Trinajstić information content (AvgIpc) is 2.50. The summed E-state index contributed by atoms with van der Waals surface area (Å²) in [5, 5.41) is 9.62. The topological polar surface area (TPSA) is 89.6 Å². The number of aliphatic hydroxyl groups is 1. The fourth-order valence-electron chi connectivity index (χ4n) is 1.62. The highest BCUT2D eigenvalue weighted by Gasteiger charge is 2.13. The monoisotopic (exact) mass is 329 g/mol. The molecule has 1 aromatic heterocycles. The molecule has 2 aromatic rings. The number of hydrogen-bond donors (Lipinski definition) is 3. The Labute approximate surface area is 131 Å². The van der Waals surface area contributed by atoms with Crippen LogP contribution >= 0.6 is 23.2 Å². The van der Waals surface area contributed by atoms with Crippen LogP contribution in [0.4, 0.5) is 5.82 Å². The van der Waals surface area contributed by atoms with Gasteiger partial charge in [0.15, 0.2) is 17.3 Å². The van der Waals surface area contributed by atoms with Crippen molar-refractivity contribution in [2.24, 2.45) is 5.84 Å². The van der Waals surface area contributed by atoms with Crippen LogP contribution in [0.2, 0.25) is 10.0 Å². The van der Waals surface area contributed by atoms with Crippen molar-refractivity contribution in [2.75, 3.05) is 12.5 Å². The zero-order chi connectivity index (χ0) is 15.4. The van der Waals surface area contributed by atoms with Gasteiger partial charge in [0.25, 0.3) is 0 Å². The van der Waals surface area contributed by atoms with Gasteiger partial charge in [-0.15, -0.1) is 0 Å². The number of nitrogens with two attached hydrogens (primary N) is 1. The predicted octanol–water partition coefficient (Wildman–Crippen LogP) is 2.97. The van der Waals surface area contributed by atoms with Crippen molar-refractivity contribution in [3.05, 3.63) is 39.9 Å². The zero-order valence-corrected chi connectivity index (χ0v) is 12.6. The molecular weight excluding hydrogens is 317 g/mol. The molecule has 0 radical (unpaired) electrons. The molecule has 8 heteroatoms. The van der Waals surface area contributed by atoms with Gasteiger partial charge in [0, 0.05) is 0 Å². The highest BCUT2D eigenvalue weighted by atomic mass is 35.5. The number of nitrogens with one attached hydrogen (secondary N) is 1. The number of benzene rings is 1. The summed E-state index contributed by atoms with van der Waals surface area (Å²) in [6.07, 6.45) is 0. The molecule has 1 heterocycles. The molecule has 1 aromatic carbocycles. The van der Waals surface area contributed by atoms with E-state index in [0.29, 0.717) is 17.1 Å². The fourth-order valence-corrected chi connectivity index (χ4v) is 2.07. The predicted molar refractivity (Wildman–Crippen MR) is 81.1 cm³/mol. The summed E-state index contributed by atoms with van der Waals surface area (Å²) in [6, 6.07) is 6.47. The number of anilines is 1. The third-order valence-corrected chi connectivity index (χ3v) is 3.21. The Balaban J connectivity index is 2.38. The van der Waals surface area contributed by atoms with E-state index in [-0.39, 0.29) is 28.3 Å². The summed E-state index contributed by atoms with van der Waals surface area (Å²) < 4.78 is 10.8. The van der Waals surface area contributed by atoms with Crippen molar-refractivity contribution >= 4 is 29.0 Å². The van der Waals surface area contributed by atoms with Crippen molar-refractivity contribution in [3.8, 4) is 17.4 Å². The van der Waals surface area contributed by atoms with Crippen molar-refractivity contribution in [2.45, 2.75) is 6.61 Å². The highest BCUT2D eigenvalue weighted by molar-refractivity contribution is 6.36. The van der Waals surface area contributed by atoms with Crippen LogP contribution in [0.25, 0.3) is 0 Å². The maximum absolute atomic E-state index is 9.11. The standard InChI is InChI=1S/C13H13Cl2N3O3/c1-20-11-4-7(6-19)2-3-10(11)21-13-9(15)5-8(14)12(17-13)18-16/h2-5,19H,6,16H2,1H3,(H,17,18). The molecule has 4 N–H and O–H groups in total. The number of aromatic nitrogens is 1. The Hall–Kier alpha value is -1.73. The number of nitrogen functional groups attached to an aromatic ring is 1. The largest absolute Gasteiger partial charge is 0.493 e. The van der Waals surface area contributed by atoms with E-state index >= 15 is 0 Å². The van der Waals surface area contributed by atoms with E-state index in [0.717, 1.165) is 0 Å². The van der Waals surface area contributed by atoms with Gasteiger partial charge in [-0.3, -0.25) is 0 Å². The first-order chi connectivity index (χ1) is 10.1. The molecule has 0 aliphatic rings. The molecule has 0 aliphatic heterocycles. The van der Waals surface area contributed by atoms with E-state index in [1.54, 1.807) is 18.2 Å². The van der Waals surface area contributed by atoms with E-state index < -0.39 is 0 Å². The van der Waals surface area contributed by atoms with E-state index in [4.69, 9.17) is 43.6 Å². The molecule has 2 rings (SSSR count). The van der Waals surface area contributed by atoms with Gasteiger partial charge in [-0.25, -0.2) is 5.84 Å². The van der Waals surface area contributed by atoms with Gasteiger partial charge in [0.1, 0.15) is 5.02 Å². The third-order valence-electron chi connectivity index (χ3n) is 2.65. The number of hydrogen-bond acceptors (Lipinski definition) is 6. The summed E-state index contributed by atoms with van der Waals surface area (Å²) in [5.41, 5.74) is 3.04. The normalized spacial score (nSPS) is 10.3. The average molecular weight is 330 g/mol. The summed E-state index contributed by atoms with van der Waals surface area (Å²) in [6.45, 7) is -0.0994. The molecule has 0 fully saturated rings. The van der Waals surface area contributed by atoms with E-state index in [9.17, 15) is 0 Å². The first kappa shape index (κ1) is 15.7. The summed E-state index contributed by atoms with van der Waals surface area (Å²) in [7, 11) is 1.49. The van der Waals surface area contributed by atoms with Crippen molar-refractivity contribution in [1.82, 2.24) is 4.98 Å². The Kier molecular flexibility index (Phi) is 5.08. The molecular formula is C13H13Cl2N3O3. The first-order valence-electron chi connectivity index (χ1n) is 5.87. The van der Waals surface area contributed by atoms with Crippen LogP contribution in [-0.2, 0) is 6.61 Å². The lowest BCUT2D eigenvalue weighted by Crippen LogP contribution is -2.09. The maximum atomic E-state index is 9.11. The molecule has 0 bridgehead atoms. The number of rotatable bonds is 5. The third kappa shape index (κ3) is 3.48. The van der Waals surface area contributed by atoms with Crippen LogP contribution in [0.3, 0.4) is 0 Å². The summed E-state index contributed by atoms with van der Waals surface area (Å²) in [5.74, 6) is 6.51. The second kappa shape index (κ2) is 6.82. The SMILES string of the molecule is COc1cc(CO)ccc1Oc1nc(NN)c(Cl)cc1Cl. The molecule has 0 spiro atoms. The van der Waals surface area contributed by atoms with Gasteiger partial charge in [0.2, 0.25) is 5.88 Å². The lowest BCUT2D eigenvalue weighted by molar-refractivity contribution is 0.280. The fraction of sp³-hybridized carbons (Fsp3) is 0.154. The Morgan fingerprint density at radius 1 is 1.24 bits per heavy atom. The van der Waals surface area contributed by atoms with Crippen molar-refractivity contribution < 1.29 is 14.6 Å². The highest BCUT2D eigenvalue weighted by Crippen LogP contribution is 2.37. The van der Waals surface area contributed by atoms with Crippen LogP contribution in [-0.4, -0.2) is 17.2 Å². The molecule has 0 atom stereocenters. The van der Waals surface area contributed by atoms with Crippen molar-refractivity contribution in [3.63, 3.8) is 0 Å². The lowest BCUT2D eigenvalue weighted by Gasteiger charge is -2.13. The van der Waals surface area contributed by atoms with E-state index in [1.807, 2.05) is 0 Å². The zero-order valence-electron chi connectivity index (χ0n) is 11.1. The van der Waals surface area contributed by atoms with Crippen LogP contribution in [0, 0.1) is 0 Å². The molecule has 0 aliphatic carbocycles. The number of hydrazine groups is 1. The number of pyridine rings is 1. The lowest BCUT2D eigenvalue weighted by atomic mass is 10.2. The van der Waals surface area contributed by atoms with Crippen LogP contribution in [0.1, 0.15) is 5.56 Å². The minimum Gasteiger partial charge on any atom is -0.493 e. The number of methoxy groups -OCH3 is 1. The molecule has 6 nitrogen and oxygen atoms in total. The second-order valence-electron chi connectivity index (χ2n) is 4.00. The number of halogens is 2. The molecule has 0 saturated heterocycles. The van der Waals surface area contributed by atoms with Gasteiger partial charge in [-0.05, 0) is 23.8 Å². The number of aliphatic hydroxyl groups excluding tert-OH is 1. The molecule has 0 unspecified atom stereocenters. The van der Waals surface area contributed by atoms with Gasteiger partial charge in [-0.1, -0.05) is 29.3 Å². The van der Waals surface area contributed by atoms with Crippen LogP contribution in [0.15, 0.2) is 24.3 Å². The quantitative estimate of drug-likeness (QED) is 0.577. The van der Waals surface area contributed by atoms with Gasteiger partial charge < -0.3 is 20.0 Å². The van der Waals surface area contributed by atoms with E-state index in [1.165, 1.54) is 13.2 Å². The van der Waals surface area contributed by atoms with Crippen LogP contribution < -0.4 is 20.7 Å². The smallest absolute Gasteiger partial charge is 0.240 e.